The van der Waals surface area contributed by atoms with Crippen LogP contribution in [0.15, 0.2) is 0 Å². The van der Waals surface area contributed by atoms with Crippen LogP contribution in [0, 0.1) is 0 Å². The molecule has 0 spiro atoms. The van der Waals surface area contributed by atoms with Gasteiger partial charge in [0.1, 0.15) is 5.01 Å². The molecule has 98 valence electrons. The molecule has 2 rings (SSSR count). The van der Waals surface area contributed by atoms with Crippen molar-refractivity contribution in [2.24, 2.45) is 0 Å². The van der Waals surface area contributed by atoms with Crippen LogP contribution in [-0.2, 0) is 11.2 Å². The van der Waals surface area contributed by atoms with Gasteiger partial charge in [0.2, 0.25) is 5.13 Å². The summed E-state index contributed by atoms with van der Waals surface area (Å²) >= 11 is 4.90. The zero-order chi connectivity index (χ0) is 13.3. The summed E-state index contributed by atoms with van der Waals surface area (Å²) in [6, 6.07) is 0. The van der Waals surface area contributed by atoms with Gasteiger partial charge in [0.25, 0.3) is 0 Å². The monoisotopic (exact) mass is 300 g/mol. The number of hydrogen-bond acceptors (Lipinski definition) is 7. The number of thiazole rings is 1. The molecule has 2 aromatic heterocycles. The molecule has 0 fully saturated rings. The van der Waals surface area contributed by atoms with Crippen LogP contribution in [0.1, 0.15) is 31.5 Å². The summed E-state index contributed by atoms with van der Waals surface area (Å²) in [5, 5.41) is 10.5. The molecular formula is C11H16N4S3. The van der Waals surface area contributed by atoms with Crippen molar-refractivity contribution in [3.05, 3.63) is 10.7 Å². The van der Waals surface area contributed by atoms with E-state index in [1.165, 1.54) is 11.3 Å². The predicted molar refractivity (Wildman–Crippen MR) is 81.3 cm³/mol. The Balaban J connectivity index is 2.50. The van der Waals surface area contributed by atoms with Crippen molar-refractivity contribution in [3.63, 3.8) is 0 Å². The molecular weight excluding hydrogens is 284 g/mol. The molecule has 7 heteroatoms. The van der Waals surface area contributed by atoms with E-state index in [1.807, 2.05) is 0 Å². The van der Waals surface area contributed by atoms with E-state index in [0.29, 0.717) is 5.13 Å². The van der Waals surface area contributed by atoms with Gasteiger partial charge in [-0.2, -0.15) is 11.8 Å². The van der Waals surface area contributed by atoms with E-state index in [-0.39, 0.29) is 5.41 Å². The predicted octanol–water partition coefficient (Wildman–Crippen LogP) is 3.40. The molecule has 0 aliphatic heterocycles. The minimum absolute atomic E-state index is 0.00290. The number of thioether (sulfide) groups is 1. The summed E-state index contributed by atoms with van der Waals surface area (Å²) in [5.74, 6) is 0.933. The number of aromatic nitrogens is 3. The van der Waals surface area contributed by atoms with E-state index < -0.39 is 0 Å². The third-order valence-corrected chi connectivity index (χ3v) is 4.99. The number of hydrogen-bond donors (Lipinski definition) is 1. The van der Waals surface area contributed by atoms with E-state index in [2.05, 4.69) is 37.2 Å². The van der Waals surface area contributed by atoms with Gasteiger partial charge in [0.05, 0.1) is 10.6 Å². The number of nitrogens with zero attached hydrogens (tertiary/aromatic N) is 3. The minimum Gasteiger partial charge on any atom is -0.374 e. The summed E-state index contributed by atoms with van der Waals surface area (Å²) in [5.41, 5.74) is 6.76. The molecule has 0 saturated carbocycles. The van der Waals surface area contributed by atoms with Crippen molar-refractivity contribution in [2.75, 3.05) is 12.0 Å². The molecule has 2 N–H and O–H groups in total. The summed E-state index contributed by atoms with van der Waals surface area (Å²) in [4.78, 5) is 5.86. The highest BCUT2D eigenvalue weighted by molar-refractivity contribution is 7.97. The minimum atomic E-state index is 0.00290. The first-order valence-electron chi connectivity index (χ1n) is 5.50. The van der Waals surface area contributed by atoms with E-state index in [4.69, 9.17) is 10.7 Å². The maximum atomic E-state index is 5.67. The van der Waals surface area contributed by atoms with Gasteiger partial charge in [0.15, 0.2) is 5.01 Å². The van der Waals surface area contributed by atoms with Gasteiger partial charge < -0.3 is 5.73 Å². The van der Waals surface area contributed by atoms with Gasteiger partial charge in [-0.15, -0.1) is 21.5 Å². The molecule has 0 aliphatic carbocycles. The van der Waals surface area contributed by atoms with Crippen LogP contribution in [0.2, 0.25) is 0 Å². The van der Waals surface area contributed by atoms with Crippen LogP contribution in [-0.4, -0.2) is 21.4 Å². The average Bonchev–Trinajstić information content (AvgIpc) is 2.83. The number of nitrogen functional groups attached to an aromatic ring is 1. The van der Waals surface area contributed by atoms with E-state index >= 15 is 0 Å². The fraction of sp³-hybridized carbons (Fsp3) is 0.545. The van der Waals surface area contributed by atoms with Crippen LogP contribution in [0.5, 0.6) is 0 Å². The van der Waals surface area contributed by atoms with Crippen molar-refractivity contribution in [1.29, 1.82) is 0 Å². The Morgan fingerprint density at radius 3 is 2.44 bits per heavy atom. The zero-order valence-electron chi connectivity index (χ0n) is 10.9. The van der Waals surface area contributed by atoms with Gasteiger partial charge in [-0.1, -0.05) is 32.1 Å². The SMILES string of the molecule is CSCc1nc(C(C)(C)C)c(-c2nnc(N)s2)s1. The Kier molecular flexibility index (Phi) is 3.93. The molecule has 18 heavy (non-hydrogen) atoms. The maximum Gasteiger partial charge on any atom is 0.203 e. The molecule has 0 saturated heterocycles. The Labute approximate surface area is 119 Å². The van der Waals surface area contributed by atoms with Crippen molar-refractivity contribution in [1.82, 2.24) is 15.2 Å². The lowest BCUT2D eigenvalue weighted by atomic mass is 9.91. The molecule has 0 atom stereocenters. The molecule has 0 unspecified atom stereocenters. The highest BCUT2D eigenvalue weighted by atomic mass is 32.2. The lowest BCUT2D eigenvalue weighted by Crippen LogP contribution is -2.13. The van der Waals surface area contributed by atoms with Crippen LogP contribution in [0.4, 0.5) is 5.13 Å². The summed E-state index contributed by atoms with van der Waals surface area (Å²) < 4.78 is 0. The van der Waals surface area contributed by atoms with Crippen molar-refractivity contribution in [3.8, 4) is 9.88 Å². The summed E-state index contributed by atoms with van der Waals surface area (Å²) in [6.45, 7) is 6.50. The second-order valence-electron chi connectivity index (χ2n) is 4.91. The Hall–Kier alpha value is -0.660. The highest BCUT2D eigenvalue weighted by Crippen LogP contribution is 2.39. The Morgan fingerprint density at radius 2 is 1.94 bits per heavy atom. The van der Waals surface area contributed by atoms with Gasteiger partial charge in [-0.05, 0) is 6.26 Å². The molecule has 2 heterocycles. The molecule has 0 aromatic carbocycles. The standard InChI is InChI=1S/C11H16N4S3/c1-11(2,3)8-7(9-14-15-10(12)18-9)17-6(13-8)5-16-4/h5H2,1-4H3,(H2,12,15). The van der Waals surface area contributed by atoms with Crippen LogP contribution in [0.25, 0.3) is 9.88 Å². The topological polar surface area (TPSA) is 64.7 Å². The van der Waals surface area contributed by atoms with Gasteiger partial charge in [0, 0.05) is 11.2 Å². The fourth-order valence-corrected chi connectivity index (χ4v) is 4.18. The van der Waals surface area contributed by atoms with Gasteiger partial charge in [-0.25, -0.2) is 4.98 Å². The molecule has 0 radical (unpaired) electrons. The van der Waals surface area contributed by atoms with Gasteiger partial charge in [-0.3, -0.25) is 0 Å². The molecule has 0 amide bonds. The normalized spacial score (nSPS) is 12.0. The lowest BCUT2D eigenvalue weighted by molar-refractivity contribution is 0.573. The summed E-state index contributed by atoms with van der Waals surface area (Å²) in [6.07, 6.45) is 2.08. The van der Waals surface area contributed by atoms with Crippen LogP contribution >= 0.6 is 34.4 Å². The van der Waals surface area contributed by atoms with E-state index in [1.54, 1.807) is 23.1 Å². The number of rotatable bonds is 3. The van der Waals surface area contributed by atoms with Crippen LogP contribution < -0.4 is 5.73 Å². The molecule has 0 bridgehead atoms. The van der Waals surface area contributed by atoms with E-state index in [0.717, 1.165) is 26.3 Å². The Bertz CT molecular complexity index is 539. The first kappa shape index (κ1) is 13.8. The highest BCUT2D eigenvalue weighted by Gasteiger charge is 2.25. The first-order valence-corrected chi connectivity index (χ1v) is 8.53. The fourth-order valence-electron chi connectivity index (χ4n) is 1.53. The second-order valence-corrected chi connectivity index (χ2v) is 7.87. The maximum absolute atomic E-state index is 5.67. The van der Waals surface area contributed by atoms with Crippen LogP contribution in [0.3, 0.4) is 0 Å². The molecule has 0 aliphatic rings. The smallest absolute Gasteiger partial charge is 0.203 e. The van der Waals surface area contributed by atoms with E-state index in [9.17, 15) is 0 Å². The Morgan fingerprint density at radius 1 is 1.22 bits per heavy atom. The third kappa shape index (κ3) is 2.84. The summed E-state index contributed by atoms with van der Waals surface area (Å²) in [7, 11) is 0. The van der Waals surface area contributed by atoms with Crippen molar-refractivity contribution < 1.29 is 0 Å². The lowest BCUT2D eigenvalue weighted by Gasteiger charge is -2.16. The third-order valence-electron chi connectivity index (χ3n) is 2.28. The number of anilines is 1. The molecule has 4 nitrogen and oxygen atoms in total. The van der Waals surface area contributed by atoms with Crippen molar-refractivity contribution in [2.45, 2.75) is 31.9 Å². The first-order chi connectivity index (χ1) is 8.41. The second kappa shape index (κ2) is 5.14. The van der Waals surface area contributed by atoms with Gasteiger partial charge >= 0.3 is 0 Å². The molecule has 2 aromatic rings. The number of nitrogens with two attached hydrogens (primary N) is 1. The average molecular weight is 300 g/mol. The van der Waals surface area contributed by atoms with Crippen molar-refractivity contribution >= 4 is 39.6 Å². The quantitative estimate of drug-likeness (QED) is 0.941. The zero-order valence-corrected chi connectivity index (χ0v) is 13.3. The largest absolute Gasteiger partial charge is 0.374 e.